The van der Waals surface area contributed by atoms with Crippen molar-refractivity contribution in [1.82, 2.24) is 0 Å². The van der Waals surface area contributed by atoms with Crippen molar-refractivity contribution in [2.75, 3.05) is 13.2 Å². The summed E-state index contributed by atoms with van der Waals surface area (Å²) < 4.78 is 32.8. The molecule has 0 atom stereocenters. The molecule has 0 N–H and O–H groups in total. The van der Waals surface area contributed by atoms with E-state index in [1.165, 1.54) is 18.2 Å². The number of carbonyl (C=O) groups is 1. The summed E-state index contributed by atoms with van der Waals surface area (Å²) in [5.74, 6) is -0.600. The smallest absolute Gasteiger partial charge is 0.338 e. The molecule has 1 fully saturated rings. The Morgan fingerprint density at radius 2 is 2.11 bits per heavy atom. The van der Waals surface area contributed by atoms with Gasteiger partial charge in [0.1, 0.15) is 6.10 Å². The maximum Gasteiger partial charge on any atom is 0.338 e. The average molecular weight is 356 g/mol. The van der Waals surface area contributed by atoms with Crippen LogP contribution in [0.15, 0.2) is 27.6 Å². The standard InChI is InChI=1S/C10H8BrClO5S/c11-8-2-1-6(3-9(8)18(12,14)15)10(13)17-7-4-16-5-7/h1-3,7H,4-5H2. The van der Waals surface area contributed by atoms with Gasteiger partial charge in [-0.25, -0.2) is 13.2 Å². The van der Waals surface area contributed by atoms with Crippen LogP contribution in [0.25, 0.3) is 0 Å². The van der Waals surface area contributed by atoms with Crippen molar-refractivity contribution in [2.24, 2.45) is 0 Å². The van der Waals surface area contributed by atoms with Gasteiger partial charge in [-0.3, -0.25) is 0 Å². The van der Waals surface area contributed by atoms with Gasteiger partial charge < -0.3 is 9.47 Å². The minimum Gasteiger partial charge on any atom is -0.454 e. The lowest BCUT2D eigenvalue weighted by Gasteiger charge is -2.25. The largest absolute Gasteiger partial charge is 0.454 e. The molecule has 1 aromatic carbocycles. The highest BCUT2D eigenvalue weighted by atomic mass is 79.9. The van der Waals surface area contributed by atoms with Gasteiger partial charge in [-0.15, -0.1) is 0 Å². The fourth-order valence-electron chi connectivity index (χ4n) is 1.32. The predicted molar refractivity (Wildman–Crippen MR) is 67.2 cm³/mol. The Labute approximate surface area is 117 Å². The first kappa shape index (κ1) is 13.8. The Bertz CT molecular complexity index is 582. The van der Waals surface area contributed by atoms with E-state index in [0.29, 0.717) is 17.7 Å². The molecule has 0 unspecified atom stereocenters. The van der Waals surface area contributed by atoms with Crippen molar-refractivity contribution in [3.05, 3.63) is 28.2 Å². The normalized spacial score (nSPS) is 16.1. The number of carbonyl (C=O) groups excluding carboxylic acids is 1. The van der Waals surface area contributed by atoms with E-state index in [4.69, 9.17) is 20.2 Å². The van der Waals surface area contributed by atoms with Crippen molar-refractivity contribution < 1.29 is 22.7 Å². The molecule has 0 aromatic heterocycles. The summed E-state index contributed by atoms with van der Waals surface area (Å²) in [6, 6.07) is 4.06. The monoisotopic (exact) mass is 354 g/mol. The molecule has 98 valence electrons. The average Bonchev–Trinajstić information content (AvgIpc) is 2.22. The Morgan fingerprint density at radius 1 is 1.44 bits per heavy atom. The molecule has 1 aromatic rings. The molecule has 1 saturated heterocycles. The zero-order chi connectivity index (χ0) is 13.3. The summed E-state index contributed by atoms with van der Waals surface area (Å²) in [6.07, 6.45) is -0.266. The Balaban J connectivity index is 2.26. The molecule has 0 amide bonds. The molecular formula is C10H8BrClO5S. The van der Waals surface area contributed by atoms with Gasteiger partial charge in [-0.05, 0) is 34.1 Å². The molecule has 1 aliphatic rings. The van der Waals surface area contributed by atoms with Crippen LogP contribution in [0.5, 0.6) is 0 Å². The van der Waals surface area contributed by atoms with Crippen molar-refractivity contribution in [2.45, 2.75) is 11.0 Å². The number of hydrogen-bond acceptors (Lipinski definition) is 5. The van der Waals surface area contributed by atoms with Gasteiger partial charge in [0, 0.05) is 15.2 Å². The van der Waals surface area contributed by atoms with E-state index in [2.05, 4.69) is 15.9 Å². The van der Waals surface area contributed by atoms with Gasteiger partial charge in [0.2, 0.25) is 0 Å². The Kier molecular flexibility index (Phi) is 3.96. The van der Waals surface area contributed by atoms with E-state index in [0.717, 1.165) is 0 Å². The molecule has 18 heavy (non-hydrogen) atoms. The summed E-state index contributed by atoms with van der Waals surface area (Å²) >= 11 is 3.06. The fourth-order valence-corrected chi connectivity index (χ4v) is 3.44. The molecule has 8 heteroatoms. The number of hydrogen-bond donors (Lipinski definition) is 0. The number of ether oxygens (including phenoxy) is 2. The van der Waals surface area contributed by atoms with Crippen LogP contribution in [-0.4, -0.2) is 33.7 Å². The first-order valence-electron chi connectivity index (χ1n) is 4.91. The van der Waals surface area contributed by atoms with Crippen LogP contribution in [0.3, 0.4) is 0 Å². The summed E-state index contributed by atoms with van der Waals surface area (Å²) in [6.45, 7) is 0.728. The highest BCUT2D eigenvalue weighted by Crippen LogP contribution is 2.26. The van der Waals surface area contributed by atoms with E-state index in [1.54, 1.807) is 0 Å². The second-order valence-electron chi connectivity index (χ2n) is 3.65. The zero-order valence-corrected chi connectivity index (χ0v) is 12.1. The Morgan fingerprint density at radius 3 is 2.61 bits per heavy atom. The lowest BCUT2D eigenvalue weighted by atomic mass is 10.2. The SMILES string of the molecule is O=C(OC1COC1)c1ccc(Br)c(S(=O)(=O)Cl)c1. The molecule has 2 rings (SSSR count). The minimum absolute atomic E-state index is 0.129. The summed E-state index contributed by atoms with van der Waals surface area (Å²) in [5.41, 5.74) is 0.129. The topological polar surface area (TPSA) is 69.7 Å². The van der Waals surface area contributed by atoms with Gasteiger partial charge in [-0.1, -0.05) is 0 Å². The van der Waals surface area contributed by atoms with Gasteiger partial charge in [0.25, 0.3) is 9.05 Å². The van der Waals surface area contributed by atoms with Gasteiger partial charge in [0.05, 0.1) is 23.7 Å². The molecule has 0 radical (unpaired) electrons. The second kappa shape index (κ2) is 5.16. The van der Waals surface area contributed by atoms with Crippen LogP contribution in [0.4, 0.5) is 0 Å². The van der Waals surface area contributed by atoms with E-state index in [9.17, 15) is 13.2 Å². The number of benzene rings is 1. The van der Waals surface area contributed by atoms with E-state index in [-0.39, 0.29) is 16.6 Å². The van der Waals surface area contributed by atoms with Crippen molar-refractivity contribution in [3.8, 4) is 0 Å². The van der Waals surface area contributed by atoms with Crippen molar-refractivity contribution in [1.29, 1.82) is 0 Å². The third-order valence-corrected chi connectivity index (χ3v) is 4.63. The number of rotatable bonds is 3. The maximum absolute atomic E-state index is 11.7. The van der Waals surface area contributed by atoms with E-state index >= 15 is 0 Å². The van der Waals surface area contributed by atoms with E-state index in [1.807, 2.05) is 0 Å². The molecular weight excluding hydrogens is 348 g/mol. The number of halogens is 2. The Hall–Kier alpha value is -0.630. The van der Waals surface area contributed by atoms with E-state index < -0.39 is 15.0 Å². The van der Waals surface area contributed by atoms with Crippen LogP contribution in [0.1, 0.15) is 10.4 Å². The van der Waals surface area contributed by atoms with Crippen LogP contribution in [-0.2, 0) is 18.5 Å². The van der Waals surface area contributed by atoms with Crippen LogP contribution in [0.2, 0.25) is 0 Å². The zero-order valence-electron chi connectivity index (χ0n) is 8.93. The second-order valence-corrected chi connectivity index (χ2v) is 7.04. The third kappa shape index (κ3) is 3.03. The molecule has 1 heterocycles. The molecule has 0 spiro atoms. The molecule has 1 aliphatic heterocycles. The quantitative estimate of drug-likeness (QED) is 0.612. The highest BCUT2D eigenvalue weighted by molar-refractivity contribution is 9.10. The molecule has 0 aliphatic carbocycles. The lowest BCUT2D eigenvalue weighted by Crippen LogP contribution is -2.37. The molecule has 0 bridgehead atoms. The molecule has 5 nitrogen and oxygen atoms in total. The first-order valence-corrected chi connectivity index (χ1v) is 8.01. The summed E-state index contributed by atoms with van der Waals surface area (Å²) in [7, 11) is 1.34. The third-order valence-electron chi connectivity index (χ3n) is 2.31. The molecule has 0 saturated carbocycles. The first-order chi connectivity index (χ1) is 8.38. The van der Waals surface area contributed by atoms with Crippen LogP contribution >= 0.6 is 26.6 Å². The fraction of sp³-hybridized carbons (Fsp3) is 0.300. The maximum atomic E-state index is 11.7. The number of esters is 1. The van der Waals surface area contributed by atoms with Gasteiger partial charge in [-0.2, -0.15) is 0 Å². The minimum atomic E-state index is -3.92. The van der Waals surface area contributed by atoms with Crippen LogP contribution < -0.4 is 0 Å². The van der Waals surface area contributed by atoms with Gasteiger partial charge >= 0.3 is 5.97 Å². The van der Waals surface area contributed by atoms with Crippen LogP contribution in [0, 0.1) is 0 Å². The lowest BCUT2D eigenvalue weighted by molar-refractivity contribution is -0.103. The van der Waals surface area contributed by atoms with Gasteiger partial charge in [0.15, 0.2) is 0 Å². The summed E-state index contributed by atoms with van der Waals surface area (Å²) in [4.78, 5) is 11.5. The van der Waals surface area contributed by atoms with Crippen molar-refractivity contribution in [3.63, 3.8) is 0 Å². The van der Waals surface area contributed by atoms with Crippen molar-refractivity contribution >= 4 is 41.6 Å². The predicted octanol–water partition coefficient (Wildman–Crippen LogP) is 1.93. The highest BCUT2D eigenvalue weighted by Gasteiger charge is 2.24. The summed E-state index contributed by atoms with van der Waals surface area (Å²) in [5, 5.41) is 0.